The van der Waals surface area contributed by atoms with Crippen LogP contribution in [0.5, 0.6) is 0 Å². The predicted molar refractivity (Wildman–Crippen MR) is 126 cm³/mol. The second-order valence-electron chi connectivity index (χ2n) is 8.22. The van der Waals surface area contributed by atoms with Crippen molar-refractivity contribution in [2.24, 2.45) is 0 Å². The highest BCUT2D eigenvalue weighted by Gasteiger charge is 2.26. The molecule has 0 aliphatic heterocycles. The zero-order chi connectivity index (χ0) is 22.2. The fraction of sp³-hybridized carbons (Fsp3) is 0.148. The summed E-state index contributed by atoms with van der Waals surface area (Å²) in [5, 5.41) is 7.65. The molecule has 158 valence electrons. The molecule has 0 saturated carbocycles. The number of fused-ring (bicyclic) bond motifs is 3. The largest absolute Gasteiger partial charge is 0.322 e. The van der Waals surface area contributed by atoms with E-state index in [1.54, 1.807) is 0 Å². The number of aryl methyl sites for hydroxylation is 3. The van der Waals surface area contributed by atoms with Crippen LogP contribution in [-0.2, 0) is 12.8 Å². The van der Waals surface area contributed by atoms with Gasteiger partial charge in [-0.15, -0.1) is 0 Å². The Balaban J connectivity index is 1.59. The minimum Gasteiger partial charge on any atom is -0.322 e. The fourth-order valence-corrected chi connectivity index (χ4v) is 4.34. The number of aldehydes is 1. The van der Waals surface area contributed by atoms with Gasteiger partial charge in [0.2, 0.25) is 0 Å². The lowest BCUT2D eigenvalue weighted by Gasteiger charge is -2.20. The van der Waals surface area contributed by atoms with E-state index in [9.17, 15) is 9.59 Å². The standard InChI is InChI=1S/C27H23N3O2/c1-17-7-12-21(13-8-17)30-26-23(25(16-31)29-30)14-10-19-9-11-20(15-24(19)26)28-27(32)22-6-4-3-5-18(22)2/h3-9,11-13,15-16H,10,14H2,1-2H3,(H,28,32). The maximum Gasteiger partial charge on any atom is 0.255 e. The van der Waals surface area contributed by atoms with Crippen molar-refractivity contribution in [2.75, 3.05) is 5.32 Å². The van der Waals surface area contributed by atoms with E-state index in [1.807, 2.05) is 79.2 Å². The molecule has 0 bridgehead atoms. The first-order chi connectivity index (χ1) is 15.5. The van der Waals surface area contributed by atoms with E-state index in [1.165, 1.54) is 5.56 Å². The van der Waals surface area contributed by atoms with Gasteiger partial charge in [0.1, 0.15) is 5.69 Å². The number of carbonyl (C=O) groups excluding carboxylic acids is 2. The number of anilines is 1. The molecule has 0 radical (unpaired) electrons. The van der Waals surface area contributed by atoms with Gasteiger partial charge in [-0.2, -0.15) is 5.10 Å². The molecule has 1 amide bonds. The first kappa shape index (κ1) is 19.9. The van der Waals surface area contributed by atoms with Crippen molar-refractivity contribution in [3.8, 4) is 16.9 Å². The first-order valence-corrected chi connectivity index (χ1v) is 10.7. The van der Waals surface area contributed by atoms with Crippen LogP contribution >= 0.6 is 0 Å². The van der Waals surface area contributed by atoms with Crippen molar-refractivity contribution in [3.05, 3.63) is 100 Å². The monoisotopic (exact) mass is 421 g/mol. The highest BCUT2D eigenvalue weighted by molar-refractivity contribution is 6.05. The van der Waals surface area contributed by atoms with Gasteiger partial charge in [-0.25, -0.2) is 4.68 Å². The Bertz CT molecular complexity index is 1350. The smallest absolute Gasteiger partial charge is 0.255 e. The third kappa shape index (κ3) is 3.42. The molecular formula is C27H23N3O2. The van der Waals surface area contributed by atoms with E-state index >= 15 is 0 Å². The zero-order valence-electron chi connectivity index (χ0n) is 18.1. The number of hydrogen-bond donors (Lipinski definition) is 1. The Morgan fingerprint density at radius 2 is 1.78 bits per heavy atom. The number of hydrogen-bond acceptors (Lipinski definition) is 3. The van der Waals surface area contributed by atoms with Crippen molar-refractivity contribution in [2.45, 2.75) is 26.7 Å². The molecule has 1 aliphatic carbocycles. The van der Waals surface area contributed by atoms with Crippen LogP contribution in [0.1, 0.15) is 43.1 Å². The van der Waals surface area contributed by atoms with Gasteiger partial charge in [-0.1, -0.05) is 42.0 Å². The van der Waals surface area contributed by atoms with Crippen molar-refractivity contribution in [3.63, 3.8) is 0 Å². The Labute approximate surface area is 186 Å². The van der Waals surface area contributed by atoms with E-state index < -0.39 is 0 Å². The second kappa shape index (κ2) is 7.93. The molecule has 5 nitrogen and oxygen atoms in total. The maximum atomic E-state index is 12.8. The molecule has 5 heteroatoms. The molecule has 1 N–H and O–H groups in total. The molecule has 0 atom stereocenters. The van der Waals surface area contributed by atoms with Crippen molar-refractivity contribution >= 4 is 17.9 Å². The first-order valence-electron chi connectivity index (χ1n) is 10.7. The summed E-state index contributed by atoms with van der Waals surface area (Å²) in [5.41, 5.74) is 8.88. The Morgan fingerprint density at radius 1 is 1.00 bits per heavy atom. The SMILES string of the molecule is Cc1ccc(-n2nc(C=O)c3c2-c2cc(NC(=O)c4ccccc4C)ccc2CC3)cc1. The minimum atomic E-state index is -0.139. The summed E-state index contributed by atoms with van der Waals surface area (Å²) in [6, 6.07) is 21.6. The van der Waals surface area contributed by atoms with Gasteiger partial charge >= 0.3 is 0 Å². The average Bonchev–Trinajstić information content (AvgIpc) is 3.19. The van der Waals surface area contributed by atoms with Gasteiger partial charge in [0.15, 0.2) is 6.29 Å². The molecule has 1 aromatic heterocycles. The lowest BCUT2D eigenvalue weighted by atomic mass is 9.88. The third-order valence-corrected chi connectivity index (χ3v) is 6.06. The number of nitrogens with one attached hydrogen (secondary N) is 1. The maximum absolute atomic E-state index is 12.8. The molecule has 0 unspecified atom stereocenters. The molecule has 5 rings (SSSR count). The molecule has 3 aromatic carbocycles. The van der Waals surface area contributed by atoms with Crippen LogP contribution in [-0.4, -0.2) is 22.0 Å². The summed E-state index contributed by atoms with van der Waals surface area (Å²) in [6.07, 6.45) is 2.42. The lowest BCUT2D eigenvalue weighted by Crippen LogP contribution is -2.14. The van der Waals surface area contributed by atoms with Crippen LogP contribution in [0.2, 0.25) is 0 Å². The van der Waals surface area contributed by atoms with Crippen LogP contribution in [0.15, 0.2) is 66.7 Å². The Kier molecular flexibility index (Phi) is 4.94. The molecule has 0 fully saturated rings. The van der Waals surface area contributed by atoms with Crippen molar-refractivity contribution < 1.29 is 9.59 Å². The molecule has 32 heavy (non-hydrogen) atoms. The van der Waals surface area contributed by atoms with E-state index in [0.29, 0.717) is 16.9 Å². The average molecular weight is 422 g/mol. The number of nitrogens with zero attached hydrogens (tertiary/aromatic N) is 2. The molecule has 4 aromatic rings. The Morgan fingerprint density at radius 3 is 2.53 bits per heavy atom. The number of rotatable bonds is 4. The van der Waals surface area contributed by atoms with E-state index in [4.69, 9.17) is 0 Å². The summed E-state index contributed by atoms with van der Waals surface area (Å²) in [5.74, 6) is -0.139. The van der Waals surface area contributed by atoms with Crippen molar-refractivity contribution in [1.82, 2.24) is 9.78 Å². The molecule has 0 saturated heterocycles. The van der Waals surface area contributed by atoms with Gasteiger partial charge in [0.05, 0.1) is 11.4 Å². The number of benzene rings is 3. The van der Waals surface area contributed by atoms with Gasteiger partial charge in [-0.05, 0) is 68.1 Å². The quantitative estimate of drug-likeness (QED) is 0.454. The van der Waals surface area contributed by atoms with Crippen molar-refractivity contribution in [1.29, 1.82) is 0 Å². The van der Waals surface area contributed by atoms with Crippen LogP contribution in [0.3, 0.4) is 0 Å². The molecule has 1 heterocycles. The lowest BCUT2D eigenvalue weighted by molar-refractivity contribution is 0.102. The minimum absolute atomic E-state index is 0.139. The van der Waals surface area contributed by atoms with Crippen LogP contribution in [0.25, 0.3) is 16.9 Å². The molecular weight excluding hydrogens is 398 g/mol. The predicted octanol–water partition coefficient (Wildman–Crippen LogP) is 5.32. The summed E-state index contributed by atoms with van der Waals surface area (Å²) in [4.78, 5) is 24.6. The molecule has 1 aliphatic rings. The van der Waals surface area contributed by atoms with Gasteiger partial charge in [0.25, 0.3) is 5.91 Å². The summed E-state index contributed by atoms with van der Waals surface area (Å²) >= 11 is 0. The summed E-state index contributed by atoms with van der Waals surface area (Å²) in [6.45, 7) is 3.97. The fourth-order valence-electron chi connectivity index (χ4n) is 4.34. The highest BCUT2D eigenvalue weighted by atomic mass is 16.1. The number of carbonyl (C=O) groups is 2. The highest BCUT2D eigenvalue weighted by Crippen LogP contribution is 2.38. The summed E-state index contributed by atoms with van der Waals surface area (Å²) in [7, 11) is 0. The van der Waals surface area contributed by atoms with Crippen LogP contribution in [0, 0.1) is 13.8 Å². The van der Waals surface area contributed by atoms with E-state index in [2.05, 4.69) is 16.5 Å². The van der Waals surface area contributed by atoms with Gasteiger partial charge < -0.3 is 5.32 Å². The topological polar surface area (TPSA) is 64.0 Å². The number of amides is 1. The zero-order valence-corrected chi connectivity index (χ0v) is 18.1. The third-order valence-electron chi connectivity index (χ3n) is 6.06. The van der Waals surface area contributed by atoms with Crippen LogP contribution < -0.4 is 5.32 Å². The Hall–Kier alpha value is -3.99. The van der Waals surface area contributed by atoms with Crippen LogP contribution in [0.4, 0.5) is 5.69 Å². The second-order valence-corrected chi connectivity index (χ2v) is 8.22. The number of aromatic nitrogens is 2. The van der Waals surface area contributed by atoms with E-state index in [-0.39, 0.29) is 5.91 Å². The van der Waals surface area contributed by atoms with Gasteiger partial charge in [-0.3, -0.25) is 9.59 Å². The normalized spacial score (nSPS) is 12.1. The summed E-state index contributed by atoms with van der Waals surface area (Å²) < 4.78 is 1.85. The van der Waals surface area contributed by atoms with Gasteiger partial charge in [0, 0.05) is 22.4 Å². The molecule has 0 spiro atoms. The van der Waals surface area contributed by atoms with E-state index in [0.717, 1.165) is 52.8 Å².